The summed E-state index contributed by atoms with van der Waals surface area (Å²) >= 11 is 0. The number of hydrogen-bond acceptors (Lipinski definition) is 4. The molecule has 0 spiro atoms. The van der Waals surface area contributed by atoms with Crippen molar-refractivity contribution in [3.63, 3.8) is 0 Å². The van der Waals surface area contributed by atoms with Gasteiger partial charge in [0, 0.05) is 5.41 Å². The van der Waals surface area contributed by atoms with E-state index in [0.717, 1.165) is 37.0 Å². The number of carboxylic acids is 1. The third-order valence-corrected chi connectivity index (χ3v) is 5.48. The van der Waals surface area contributed by atoms with E-state index in [1.165, 1.54) is 25.5 Å². The van der Waals surface area contributed by atoms with Crippen molar-refractivity contribution >= 4 is 5.97 Å². The maximum absolute atomic E-state index is 11.2. The molecule has 0 aromatic carbocycles. The van der Waals surface area contributed by atoms with Crippen molar-refractivity contribution in [2.45, 2.75) is 43.9 Å². The predicted molar refractivity (Wildman–Crippen MR) is 70.5 cm³/mol. The highest BCUT2D eigenvalue weighted by atomic mass is 16.4. The number of rotatable bonds is 2. The van der Waals surface area contributed by atoms with Gasteiger partial charge in [0.05, 0.1) is 6.20 Å². The fourth-order valence-corrected chi connectivity index (χ4v) is 5.17. The van der Waals surface area contributed by atoms with Crippen molar-refractivity contribution in [3.8, 4) is 5.75 Å². The van der Waals surface area contributed by atoms with Crippen molar-refractivity contribution < 1.29 is 15.0 Å². The zero-order valence-electron chi connectivity index (χ0n) is 11.2. The van der Waals surface area contributed by atoms with Gasteiger partial charge in [-0.2, -0.15) is 0 Å². The zero-order valence-corrected chi connectivity index (χ0v) is 11.2. The molecule has 4 fully saturated rings. The van der Waals surface area contributed by atoms with Crippen molar-refractivity contribution in [1.82, 2.24) is 9.97 Å². The van der Waals surface area contributed by atoms with E-state index in [0.29, 0.717) is 5.82 Å². The monoisotopic (exact) mass is 274 g/mol. The summed E-state index contributed by atoms with van der Waals surface area (Å²) in [4.78, 5) is 19.6. The van der Waals surface area contributed by atoms with Crippen LogP contribution in [0.25, 0.3) is 0 Å². The van der Waals surface area contributed by atoms with E-state index >= 15 is 0 Å². The number of aromatic carboxylic acids is 1. The average Bonchev–Trinajstić information content (AvgIpc) is 2.37. The summed E-state index contributed by atoms with van der Waals surface area (Å²) in [5, 5.41) is 18.7. The number of nitrogens with zero attached hydrogens (tertiary/aromatic N) is 2. The van der Waals surface area contributed by atoms with Gasteiger partial charge in [0.25, 0.3) is 0 Å². The van der Waals surface area contributed by atoms with E-state index in [1.807, 2.05) is 0 Å². The van der Waals surface area contributed by atoms with Crippen LogP contribution >= 0.6 is 0 Å². The van der Waals surface area contributed by atoms with Gasteiger partial charge in [0.15, 0.2) is 11.4 Å². The fraction of sp³-hybridized carbons (Fsp3) is 0.667. The minimum atomic E-state index is -1.18. The Balaban J connectivity index is 1.77. The Labute approximate surface area is 117 Å². The van der Waals surface area contributed by atoms with E-state index in [4.69, 9.17) is 5.11 Å². The van der Waals surface area contributed by atoms with Crippen molar-refractivity contribution in [2.24, 2.45) is 17.8 Å². The fourth-order valence-electron chi connectivity index (χ4n) is 5.17. The first-order chi connectivity index (χ1) is 9.56. The molecule has 106 valence electrons. The number of carbonyl (C=O) groups is 1. The maximum Gasteiger partial charge on any atom is 0.358 e. The Morgan fingerprint density at radius 1 is 1.15 bits per heavy atom. The second-order valence-corrected chi connectivity index (χ2v) is 6.93. The normalized spacial score (nSPS) is 38.1. The molecule has 1 aromatic rings. The largest absolute Gasteiger partial charge is 0.504 e. The molecule has 1 heterocycles. The maximum atomic E-state index is 11.2. The van der Waals surface area contributed by atoms with Gasteiger partial charge in [0.1, 0.15) is 5.82 Å². The van der Waals surface area contributed by atoms with Crippen LogP contribution in [0.5, 0.6) is 5.75 Å². The molecule has 2 N–H and O–H groups in total. The Morgan fingerprint density at radius 3 is 2.20 bits per heavy atom. The van der Waals surface area contributed by atoms with Crippen LogP contribution in [0.1, 0.15) is 54.8 Å². The van der Waals surface area contributed by atoms with Crippen LogP contribution < -0.4 is 0 Å². The van der Waals surface area contributed by atoms with Gasteiger partial charge >= 0.3 is 5.97 Å². The molecule has 4 aliphatic rings. The van der Waals surface area contributed by atoms with Gasteiger partial charge in [-0.05, 0) is 56.3 Å². The molecule has 0 unspecified atom stereocenters. The van der Waals surface area contributed by atoms with Gasteiger partial charge in [-0.25, -0.2) is 14.8 Å². The summed E-state index contributed by atoms with van der Waals surface area (Å²) in [5.41, 5.74) is -0.294. The Bertz CT molecular complexity index is 549. The summed E-state index contributed by atoms with van der Waals surface area (Å²) < 4.78 is 0. The number of hydrogen-bond donors (Lipinski definition) is 2. The van der Waals surface area contributed by atoms with E-state index < -0.39 is 5.97 Å². The van der Waals surface area contributed by atoms with E-state index in [9.17, 15) is 9.90 Å². The topological polar surface area (TPSA) is 83.3 Å². The van der Waals surface area contributed by atoms with Gasteiger partial charge in [0.2, 0.25) is 0 Å². The Morgan fingerprint density at radius 2 is 1.70 bits per heavy atom. The molecule has 0 amide bonds. The van der Waals surface area contributed by atoms with Crippen LogP contribution in [0.3, 0.4) is 0 Å². The van der Waals surface area contributed by atoms with Gasteiger partial charge < -0.3 is 10.2 Å². The molecule has 5 rings (SSSR count). The SMILES string of the molecule is O=C(O)c1nc(C23CC4CC(CC(C4)C2)C3)ncc1O. The standard InChI is InChI=1S/C15H18N2O3/c18-11-7-16-14(17-12(11)13(19)20)15-4-8-1-9(5-15)3-10(2-8)6-15/h7-10,18H,1-6H2,(H,19,20). The van der Waals surface area contributed by atoms with Crippen molar-refractivity contribution in [1.29, 1.82) is 0 Å². The predicted octanol–water partition coefficient (Wildman–Crippen LogP) is 2.35. The molecule has 0 aliphatic heterocycles. The smallest absolute Gasteiger partial charge is 0.358 e. The van der Waals surface area contributed by atoms with E-state index in [2.05, 4.69) is 9.97 Å². The molecule has 4 aliphatic carbocycles. The third-order valence-electron chi connectivity index (χ3n) is 5.48. The molecule has 0 atom stereocenters. The van der Waals surface area contributed by atoms with Gasteiger partial charge in [-0.3, -0.25) is 0 Å². The molecule has 20 heavy (non-hydrogen) atoms. The van der Waals surface area contributed by atoms with Crippen LogP contribution in [-0.2, 0) is 5.41 Å². The minimum absolute atomic E-state index is 0.0351. The van der Waals surface area contributed by atoms with Crippen LogP contribution in [-0.4, -0.2) is 26.2 Å². The van der Waals surface area contributed by atoms with Crippen LogP contribution in [0.15, 0.2) is 6.20 Å². The molecule has 0 saturated heterocycles. The van der Waals surface area contributed by atoms with Crippen LogP contribution in [0.4, 0.5) is 0 Å². The molecule has 4 saturated carbocycles. The average molecular weight is 274 g/mol. The Kier molecular flexibility index (Phi) is 2.38. The van der Waals surface area contributed by atoms with Gasteiger partial charge in [-0.1, -0.05) is 0 Å². The Hall–Kier alpha value is -1.65. The number of carboxylic acid groups (broad SMARTS) is 1. The first-order valence-corrected chi connectivity index (χ1v) is 7.35. The number of aromatic nitrogens is 2. The summed E-state index contributed by atoms with van der Waals surface area (Å²) in [6, 6.07) is 0. The van der Waals surface area contributed by atoms with Crippen molar-refractivity contribution in [3.05, 3.63) is 17.7 Å². The summed E-state index contributed by atoms with van der Waals surface area (Å²) in [5.74, 6) is 1.39. The lowest BCUT2D eigenvalue weighted by Gasteiger charge is -2.55. The summed E-state index contributed by atoms with van der Waals surface area (Å²) in [7, 11) is 0. The lowest BCUT2D eigenvalue weighted by atomic mass is 9.49. The van der Waals surface area contributed by atoms with E-state index in [-0.39, 0.29) is 16.9 Å². The van der Waals surface area contributed by atoms with Crippen molar-refractivity contribution in [2.75, 3.05) is 0 Å². The van der Waals surface area contributed by atoms with Gasteiger partial charge in [-0.15, -0.1) is 0 Å². The lowest BCUT2D eigenvalue weighted by Crippen LogP contribution is -2.49. The van der Waals surface area contributed by atoms with Crippen LogP contribution in [0.2, 0.25) is 0 Å². The molecular weight excluding hydrogens is 256 g/mol. The summed E-state index contributed by atoms with van der Waals surface area (Å²) in [6.45, 7) is 0. The molecule has 5 heteroatoms. The first kappa shape index (κ1) is 12.1. The quantitative estimate of drug-likeness (QED) is 0.865. The molecule has 5 nitrogen and oxygen atoms in total. The summed E-state index contributed by atoms with van der Waals surface area (Å²) in [6.07, 6.45) is 8.48. The van der Waals surface area contributed by atoms with Crippen LogP contribution in [0, 0.1) is 17.8 Å². The molecular formula is C15H18N2O3. The molecule has 0 radical (unpaired) electrons. The lowest BCUT2D eigenvalue weighted by molar-refractivity contribution is -0.00956. The highest BCUT2D eigenvalue weighted by molar-refractivity contribution is 5.88. The first-order valence-electron chi connectivity index (χ1n) is 7.35. The minimum Gasteiger partial charge on any atom is -0.504 e. The third kappa shape index (κ3) is 1.65. The zero-order chi connectivity index (χ0) is 13.9. The highest BCUT2D eigenvalue weighted by Crippen LogP contribution is 2.60. The second kappa shape index (κ2) is 3.93. The number of aromatic hydroxyl groups is 1. The highest BCUT2D eigenvalue weighted by Gasteiger charge is 2.53. The van der Waals surface area contributed by atoms with E-state index in [1.54, 1.807) is 0 Å². The molecule has 1 aromatic heterocycles. The molecule has 4 bridgehead atoms. The second-order valence-electron chi connectivity index (χ2n) is 6.93.